The fourth-order valence-corrected chi connectivity index (χ4v) is 1.33. The summed E-state index contributed by atoms with van der Waals surface area (Å²) in [6.07, 6.45) is 1.66. The second-order valence-corrected chi connectivity index (χ2v) is 3.09. The van der Waals surface area contributed by atoms with Crippen LogP contribution < -0.4 is 11.5 Å². The van der Waals surface area contributed by atoms with Gasteiger partial charge in [-0.3, -0.25) is 9.78 Å². The third-order valence-electron chi connectivity index (χ3n) is 2.05. The average molecular weight is 202 g/mol. The quantitative estimate of drug-likeness (QED) is 0.670. The highest BCUT2D eigenvalue weighted by molar-refractivity contribution is 5.98. The molecule has 15 heavy (non-hydrogen) atoms. The number of aromatic nitrogens is 2. The molecule has 2 aromatic heterocycles. The van der Waals surface area contributed by atoms with E-state index in [1.807, 2.05) is 18.2 Å². The maximum atomic E-state index is 11.0. The van der Waals surface area contributed by atoms with E-state index in [0.29, 0.717) is 5.69 Å². The summed E-state index contributed by atoms with van der Waals surface area (Å²) in [5.41, 5.74) is 12.4. The lowest BCUT2D eigenvalue weighted by atomic mass is 10.2. The topological polar surface area (TPSA) is 97.8 Å². The predicted octanol–water partition coefficient (Wildman–Crippen LogP) is 0.758. The molecule has 0 aromatic carbocycles. The van der Waals surface area contributed by atoms with Crippen molar-refractivity contribution in [2.24, 2.45) is 5.73 Å². The first-order valence-corrected chi connectivity index (χ1v) is 4.38. The molecule has 0 aliphatic rings. The van der Waals surface area contributed by atoms with Gasteiger partial charge in [-0.05, 0) is 18.2 Å². The fourth-order valence-electron chi connectivity index (χ4n) is 1.33. The first kappa shape index (κ1) is 9.26. The number of rotatable bonds is 2. The Hall–Kier alpha value is -2.30. The van der Waals surface area contributed by atoms with Gasteiger partial charge in [0.1, 0.15) is 5.82 Å². The number of H-pyrrole nitrogens is 1. The van der Waals surface area contributed by atoms with Gasteiger partial charge in [-0.2, -0.15) is 0 Å². The molecule has 0 bridgehead atoms. The van der Waals surface area contributed by atoms with Crippen molar-refractivity contribution >= 4 is 11.7 Å². The number of nitrogen functional groups attached to an aromatic ring is 1. The van der Waals surface area contributed by atoms with Gasteiger partial charge >= 0.3 is 0 Å². The fraction of sp³-hybridized carbons (Fsp3) is 0. The number of nitrogens with one attached hydrogen (secondary N) is 1. The van der Waals surface area contributed by atoms with E-state index in [1.165, 1.54) is 0 Å². The maximum Gasteiger partial charge on any atom is 0.252 e. The third-order valence-corrected chi connectivity index (χ3v) is 2.05. The molecule has 2 aromatic rings. The Kier molecular flexibility index (Phi) is 2.13. The van der Waals surface area contributed by atoms with Crippen molar-refractivity contribution in [1.82, 2.24) is 9.97 Å². The molecule has 2 heterocycles. The number of nitrogens with two attached hydrogens (primary N) is 2. The van der Waals surface area contributed by atoms with Crippen molar-refractivity contribution in [1.29, 1.82) is 0 Å². The van der Waals surface area contributed by atoms with Gasteiger partial charge in [-0.1, -0.05) is 6.07 Å². The van der Waals surface area contributed by atoms with Crippen molar-refractivity contribution in [2.45, 2.75) is 0 Å². The highest BCUT2D eigenvalue weighted by Gasteiger charge is 2.11. The van der Waals surface area contributed by atoms with Gasteiger partial charge in [-0.15, -0.1) is 0 Å². The van der Waals surface area contributed by atoms with Crippen LogP contribution in [0, 0.1) is 0 Å². The molecule has 76 valence electrons. The average Bonchev–Trinajstić information content (AvgIpc) is 2.62. The second kappa shape index (κ2) is 3.45. The summed E-state index contributed by atoms with van der Waals surface area (Å²) in [4.78, 5) is 17.9. The van der Waals surface area contributed by atoms with Gasteiger partial charge in [0.25, 0.3) is 5.91 Å². The number of anilines is 1. The van der Waals surface area contributed by atoms with Crippen molar-refractivity contribution in [2.75, 3.05) is 5.73 Å². The minimum atomic E-state index is -0.550. The number of primary amides is 1. The zero-order chi connectivity index (χ0) is 10.8. The second-order valence-electron chi connectivity index (χ2n) is 3.09. The summed E-state index contributed by atoms with van der Waals surface area (Å²) in [7, 11) is 0. The molecule has 0 aliphatic heterocycles. The number of pyridine rings is 1. The number of aromatic amines is 1. The van der Waals surface area contributed by atoms with E-state index in [9.17, 15) is 4.79 Å². The van der Waals surface area contributed by atoms with E-state index in [4.69, 9.17) is 11.5 Å². The summed E-state index contributed by atoms with van der Waals surface area (Å²) in [6, 6.07) is 7.07. The van der Waals surface area contributed by atoms with Crippen LogP contribution in [0.2, 0.25) is 0 Å². The molecule has 5 nitrogen and oxygen atoms in total. The van der Waals surface area contributed by atoms with E-state index < -0.39 is 5.91 Å². The van der Waals surface area contributed by atoms with Gasteiger partial charge in [0.05, 0.1) is 17.0 Å². The van der Waals surface area contributed by atoms with E-state index >= 15 is 0 Å². The summed E-state index contributed by atoms with van der Waals surface area (Å²) >= 11 is 0. The van der Waals surface area contributed by atoms with Gasteiger partial charge in [0.15, 0.2) is 0 Å². The molecule has 5 heteroatoms. The maximum absolute atomic E-state index is 11.0. The molecule has 0 unspecified atom stereocenters. The monoisotopic (exact) mass is 202 g/mol. The molecule has 5 N–H and O–H groups in total. The number of nitrogens with zero attached hydrogens (tertiary/aromatic N) is 1. The predicted molar refractivity (Wildman–Crippen MR) is 57.0 cm³/mol. The zero-order valence-corrected chi connectivity index (χ0v) is 7.90. The lowest BCUT2D eigenvalue weighted by Gasteiger charge is -1.93. The van der Waals surface area contributed by atoms with Gasteiger partial charge < -0.3 is 16.5 Å². The molecule has 0 aliphatic carbocycles. The van der Waals surface area contributed by atoms with E-state index in [2.05, 4.69) is 9.97 Å². The van der Waals surface area contributed by atoms with Crippen LogP contribution in [0.3, 0.4) is 0 Å². The highest BCUT2D eigenvalue weighted by atomic mass is 16.1. The smallest absolute Gasteiger partial charge is 0.252 e. The molecule has 0 saturated heterocycles. The molecular formula is C10H10N4O. The van der Waals surface area contributed by atoms with E-state index in [0.717, 1.165) is 5.69 Å². The Morgan fingerprint density at radius 1 is 1.40 bits per heavy atom. The lowest BCUT2D eigenvalue weighted by Crippen LogP contribution is -2.11. The normalized spacial score (nSPS) is 10.1. The van der Waals surface area contributed by atoms with Gasteiger partial charge in [0.2, 0.25) is 0 Å². The molecule has 0 radical (unpaired) electrons. The Morgan fingerprint density at radius 3 is 2.73 bits per heavy atom. The Balaban J connectivity index is 2.48. The third kappa shape index (κ3) is 1.67. The molecule has 0 fully saturated rings. The van der Waals surface area contributed by atoms with Crippen molar-refractivity contribution in [3.63, 3.8) is 0 Å². The van der Waals surface area contributed by atoms with Crippen molar-refractivity contribution in [3.05, 3.63) is 36.0 Å². The van der Waals surface area contributed by atoms with E-state index in [-0.39, 0.29) is 11.4 Å². The minimum absolute atomic E-state index is 0.267. The Morgan fingerprint density at radius 2 is 2.20 bits per heavy atom. The van der Waals surface area contributed by atoms with Crippen LogP contribution in [0.25, 0.3) is 11.4 Å². The number of hydrogen-bond acceptors (Lipinski definition) is 3. The standard InChI is InChI=1S/C10H10N4O/c11-9-6(10(12)15)5-8(14-9)7-3-1-2-4-13-7/h1-5,14H,11H2,(H2,12,15). The van der Waals surface area contributed by atoms with Crippen LogP contribution in [0.1, 0.15) is 10.4 Å². The Bertz CT molecular complexity index is 489. The number of carbonyl (C=O) groups excluding carboxylic acids is 1. The molecule has 0 atom stereocenters. The number of hydrogen-bond donors (Lipinski definition) is 3. The summed E-state index contributed by atoms with van der Waals surface area (Å²) in [6.45, 7) is 0. The SMILES string of the molecule is NC(=O)c1cc(-c2ccccn2)[nH]c1N. The number of carbonyl (C=O) groups is 1. The molecule has 0 saturated carbocycles. The van der Waals surface area contributed by atoms with Crippen LogP contribution in [0.15, 0.2) is 30.5 Å². The summed E-state index contributed by atoms with van der Waals surface area (Å²) in [5, 5.41) is 0. The van der Waals surface area contributed by atoms with Crippen LogP contribution in [-0.4, -0.2) is 15.9 Å². The van der Waals surface area contributed by atoms with Gasteiger partial charge in [0, 0.05) is 6.20 Å². The minimum Gasteiger partial charge on any atom is -0.385 e. The molecule has 0 spiro atoms. The zero-order valence-electron chi connectivity index (χ0n) is 7.90. The van der Waals surface area contributed by atoms with Crippen molar-refractivity contribution < 1.29 is 4.79 Å². The van der Waals surface area contributed by atoms with Crippen LogP contribution in [0.4, 0.5) is 5.82 Å². The van der Waals surface area contributed by atoms with Crippen LogP contribution in [-0.2, 0) is 0 Å². The first-order valence-electron chi connectivity index (χ1n) is 4.38. The largest absolute Gasteiger partial charge is 0.385 e. The number of amides is 1. The lowest BCUT2D eigenvalue weighted by molar-refractivity contribution is 0.100. The summed E-state index contributed by atoms with van der Waals surface area (Å²) in [5.74, 6) is -0.283. The van der Waals surface area contributed by atoms with Crippen LogP contribution in [0.5, 0.6) is 0 Å². The Labute approximate surface area is 86.1 Å². The molecule has 2 rings (SSSR count). The highest BCUT2D eigenvalue weighted by Crippen LogP contribution is 2.20. The molecule has 1 amide bonds. The molecular weight excluding hydrogens is 192 g/mol. The van der Waals surface area contributed by atoms with Crippen LogP contribution >= 0.6 is 0 Å². The van der Waals surface area contributed by atoms with E-state index in [1.54, 1.807) is 12.3 Å². The first-order chi connectivity index (χ1) is 7.18. The van der Waals surface area contributed by atoms with Gasteiger partial charge in [-0.25, -0.2) is 0 Å². The summed E-state index contributed by atoms with van der Waals surface area (Å²) < 4.78 is 0. The van der Waals surface area contributed by atoms with Crippen molar-refractivity contribution in [3.8, 4) is 11.4 Å².